The number of ether oxygens (including phenoxy) is 1. The molecule has 1 saturated heterocycles. The van der Waals surface area contributed by atoms with Crippen molar-refractivity contribution in [2.75, 3.05) is 11.9 Å². The van der Waals surface area contributed by atoms with Crippen molar-refractivity contribution in [3.05, 3.63) is 0 Å². The molecular weight excluding hydrogens is 244 g/mol. The van der Waals surface area contributed by atoms with Crippen molar-refractivity contribution in [2.45, 2.75) is 38.2 Å². The molecule has 3 heteroatoms. The molecule has 2 nitrogen and oxygen atoms in total. The van der Waals surface area contributed by atoms with Gasteiger partial charge in [0.15, 0.2) is 0 Å². The maximum absolute atomic E-state index is 11.6. The molecule has 1 saturated carbocycles. The van der Waals surface area contributed by atoms with Crippen LogP contribution in [0.4, 0.5) is 0 Å². The minimum atomic E-state index is 0.0754. The molecule has 80 valence electrons. The average Bonchev–Trinajstić information content (AvgIpc) is 2.16. The van der Waals surface area contributed by atoms with E-state index in [9.17, 15) is 4.79 Å². The third kappa shape index (κ3) is 1.89. The van der Waals surface area contributed by atoms with Crippen LogP contribution in [0.2, 0.25) is 0 Å². The molecule has 0 N–H and O–H groups in total. The molecule has 1 heterocycles. The smallest absolute Gasteiger partial charge is 0.149 e. The molecule has 3 unspecified atom stereocenters. The fraction of sp³-hybridized carbons (Fsp3) is 0.909. The third-order valence-corrected chi connectivity index (χ3v) is 4.25. The van der Waals surface area contributed by atoms with Crippen LogP contribution < -0.4 is 0 Å². The number of fused-ring (bicyclic) bond motifs is 2. The molecule has 1 aliphatic heterocycles. The number of halogens is 1. The summed E-state index contributed by atoms with van der Waals surface area (Å²) < 4.78 is 5.83. The summed E-state index contributed by atoms with van der Waals surface area (Å²) in [5, 5.41) is 0.480. The summed E-state index contributed by atoms with van der Waals surface area (Å²) in [6.07, 6.45) is 4.67. The molecular formula is C11H17BrO2. The molecule has 0 amide bonds. The molecule has 2 aliphatic rings. The second-order valence-corrected chi connectivity index (χ2v) is 5.38. The van der Waals surface area contributed by atoms with E-state index in [1.807, 2.05) is 0 Å². The maximum atomic E-state index is 11.6. The minimum absolute atomic E-state index is 0.0754. The maximum Gasteiger partial charge on any atom is 0.149 e. The van der Waals surface area contributed by atoms with Gasteiger partial charge in [0, 0.05) is 5.92 Å². The summed E-state index contributed by atoms with van der Waals surface area (Å²) in [4.78, 5) is 11.6. The lowest BCUT2D eigenvalue weighted by atomic mass is 9.70. The fourth-order valence-corrected chi connectivity index (χ4v) is 3.27. The minimum Gasteiger partial charge on any atom is -0.375 e. The summed E-state index contributed by atoms with van der Waals surface area (Å²) in [5.74, 6) is 1.05. The van der Waals surface area contributed by atoms with Crippen molar-refractivity contribution in [1.82, 2.24) is 0 Å². The number of rotatable bonds is 2. The van der Waals surface area contributed by atoms with Crippen LogP contribution in [0.1, 0.15) is 32.6 Å². The SMILES string of the molecule is CC12CCCC(C1)C(C(=O)CBr)CO2. The van der Waals surface area contributed by atoms with Gasteiger partial charge >= 0.3 is 0 Å². The summed E-state index contributed by atoms with van der Waals surface area (Å²) in [6, 6.07) is 0. The molecule has 2 bridgehead atoms. The van der Waals surface area contributed by atoms with Gasteiger partial charge in [-0.25, -0.2) is 0 Å². The normalized spacial score (nSPS) is 42.1. The Morgan fingerprint density at radius 1 is 1.64 bits per heavy atom. The summed E-state index contributed by atoms with van der Waals surface area (Å²) in [6.45, 7) is 2.83. The molecule has 1 aliphatic carbocycles. The van der Waals surface area contributed by atoms with Crippen molar-refractivity contribution in [3.63, 3.8) is 0 Å². The van der Waals surface area contributed by atoms with E-state index in [2.05, 4.69) is 22.9 Å². The lowest BCUT2D eigenvalue weighted by Crippen LogP contribution is -2.47. The summed E-state index contributed by atoms with van der Waals surface area (Å²) in [5.41, 5.74) is 0.0754. The van der Waals surface area contributed by atoms with Crippen molar-refractivity contribution >= 4 is 21.7 Å². The van der Waals surface area contributed by atoms with Crippen LogP contribution in [0.5, 0.6) is 0 Å². The van der Waals surface area contributed by atoms with Gasteiger partial charge in [0.25, 0.3) is 0 Å². The Balaban J connectivity index is 2.07. The van der Waals surface area contributed by atoms with E-state index >= 15 is 0 Å². The number of hydrogen-bond acceptors (Lipinski definition) is 2. The van der Waals surface area contributed by atoms with Crippen molar-refractivity contribution < 1.29 is 9.53 Å². The zero-order valence-corrected chi connectivity index (χ0v) is 10.2. The fourth-order valence-electron chi connectivity index (χ4n) is 2.85. The van der Waals surface area contributed by atoms with Gasteiger partial charge in [-0.1, -0.05) is 22.4 Å². The zero-order valence-electron chi connectivity index (χ0n) is 8.59. The van der Waals surface area contributed by atoms with E-state index < -0.39 is 0 Å². The Morgan fingerprint density at radius 2 is 2.43 bits per heavy atom. The van der Waals surface area contributed by atoms with Crippen LogP contribution in [0, 0.1) is 11.8 Å². The predicted molar refractivity (Wildman–Crippen MR) is 58.6 cm³/mol. The summed E-state index contributed by atoms with van der Waals surface area (Å²) in [7, 11) is 0. The van der Waals surface area contributed by atoms with E-state index in [0.717, 1.165) is 6.42 Å². The molecule has 0 aromatic carbocycles. The quantitative estimate of drug-likeness (QED) is 0.714. The molecule has 0 aromatic heterocycles. The Bertz CT molecular complexity index is 241. The molecule has 0 radical (unpaired) electrons. The van der Waals surface area contributed by atoms with Gasteiger partial charge in [-0.05, 0) is 32.1 Å². The number of alkyl halides is 1. The highest BCUT2D eigenvalue weighted by atomic mass is 79.9. The van der Waals surface area contributed by atoms with Gasteiger partial charge < -0.3 is 4.74 Å². The highest BCUT2D eigenvalue weighted by molar-refractivity contribution is 9.09. The number of hydrogen-bond donors (Lipinski definition) is 0. The second kappa shape index (κ2) is 3.93. The predicted octanol–water partition coefficient (Wildman–Crippen LogP) is 2.55. The van der Waals surface area contributed by atoms with Crippen LogP contribution in [-0.2, 0) is 9.53 Å². The van der Waals surface area contributed by atoms with Crippen LogP contribution in [0.3, 0.4) is 0 Å². The van der Waals surface area contributed by atoms with Crippen molar-refractivity contribution in [3.8, 4) is 0 Å². The van der Waals surface area contributed by atoms with E-state index in [0.29, 0.717) is 23.6 Å². The molecule has 2 rings (SSSR count). The highest BCUT2D eigenvalue weighted by Crippen LogP contribution is 2.43. The summed E-state index contributed by atoms with van der Waals surface area (Å²) >= 11 is 3.25. The van der Waals surface area contributed by atoms with Crippen LogP contribution in [0.25, 0.3) is 0 Å². The first-order chi connectivity index (χ1) is 6.64. The topological polar surface area (TPSA) is 26.3 Å². The van der Waals surface area contributed by atoms with Gasteiger partial charge in [-0.2, -0.15) is 0 Å². The largest absolute Gasteiger partial charge is 0.375 e. The number of ketones is 1. The monoisotopic (exact) mass is 260 g/mol. The first kappa shape index (κ1) is 10.6. The highest BCUT2D eigenvalue weighted by Gasteiger charge is 2.43. The Kier molecular flexibility index (Phi) is 2.98. The number of carbonyl (C=O) groups excluding carboxylic acids is 1. The number of carbonyl (C=O) groups is 1. The lowest BCUT2D eigenvalue weighted by Gasteiger charge is -2.46. The molecule has 14 heavy (non-hydrogen) atoms. The van der Waals surface area contributed by atoms with E-state index in [4.69, 9.17) is 4.74 Å². The molecule has 2 fully saturated rings. The Labute approximate surface area is 93.5 Å². The number of Topliss-reactive ketones (excluding diaryl/α,β-unsaturated/α-hetero) is 1. The standard InChI is InChI=1S/C11H17BrO2/c1-11-4-2-3-8(5-11)9(7-14-11)10(13)6-12/h8-9H,2-7H2,1H3. The Hall–Kier alpha value is 0.110. The van der Waals surface area contributed by atoms with Crippen LogP contribution in [0.15, 0.2) is 0 Å². The van der Waals surface area contributed by atoms with Crippen molar-refractivity contribution in [1.29, 1.82) is 0 Å². The molecule has 3 atom stereocenters. The lowest BCUT2D eigenvalue weighted by molar-refractivity contribution is -0.153. The van der Waals surface area contributed by atoms with Crippen molar-refractivity contribution in [2.24, 2.45) is 11.8 Å². The first-order valence-electron chi connectivity index (χ1n) is 5.37. The van der Waals surface area contributed by atoms with E-state index in [1.54, 1.807) is 0 Å². The van der Waals surface area contributed by atoms with Gasteiger partial charge in [0.05, 0.1) is 17.5 Å². The van der Waals surface area contributed by atoms with E-state index in [-0.39, 0.29) is 11.5 Å². The Morgan fingerprint density at radius 3 is 3.14 bits per heavy atom. The van der Waals surface area contributed by atoms with E-state index in [1.165, 1.54) is 19.3 Å². The third-order valence-electron chi connectivity index (χ3n) is 3.70. The van der Waals surface area contributed by atoms with Gasteiger partial charge in [-0.3, -0.25) is 4.79 Å². The second-order valence-electron chi connectivity index (χ2n) is 4.82. The molecule has 0 spiro atoms. The van der Waals surface area contributed by atoms with Gasteiger partial charge in [0.2, 0.25) is 0 Å². The first-order valence-corrected chi connectivity index (χ1v) is 6.49. The van der Waals surface area contributed by atoms with Crippen LogP contribution in [-0.4, -0.2) is 23.3 Å². The average molecular weight is 261 g/mol. The zero-order chi connectivity index (χ0) is 10.2. The van der Waals surface area contributed by atoms with Crippen LogP contribution >= 0.6 is 15.9 Å². The molecule has 0 aromatic rings. The van der Waals surface area contributed by atoms with Gasteiger partial charge in [0.1, 0.15) is 5.78 Å². The van der Waals surface area contributed by atoms with Gasteiger partial charge in [-0.15, -0.1) is 0 Å².